The predicted octanol–water partition coefficient (Wildman–Crippen LogP) is 3.99. The summed E-state index contributed by atoms with van der Waals surface area (Å²) in [4.78, 5) is 10.8. The van der Waals surface area contributed by atoms with Gasteiger partial charge in [0, 0.05) is 17.1 Å². The van der Waals surface area contributed by atoms with Crippen LogP contribution in [-0.4, -0.2) is 19.1 Å². The number of rotatable bonds is 6. The van der Waals surface area contributed by atoms with Crippen molar-refractivity contribution in [3.63, 3.8) is 0 Å². The Bertz CT molecular complexity index is 674. The van der Waals surface area contributed by atoms with Crippen LogP contribution in [0, 0.1) is 10.1 Å². The van der Waals surface area contributed by atoms with E-state index in [1.807, 2.05) is 24.3 Å². The Kier molecular flexibility index (Phi) is 5.21. The van der Waals surface area contributed by atoms with Crippen LogP contribution in [0.4, 0.5) is 11.4 Å². The Labute approximate surface area is 136 Å². The zero-order valence-corrected chi connectivity index (χ0v) is 13.7. The molecule has 0 aromatic heterocycles. The maximum Gasteiger partial charge on any atom is 0.296 e. The number of nitro groups is 1. The van der Waals surface area contributed by atoms with E-state index in [1.54, 1.807) is 6.07 Å². The lowest BCUT2D eigenvalue weighted by Gasteiger charge is -2.12. The number of nitrogens with zero attached hydrogens (tertiary/aromatic N) is 1. The van der Waals surface area contributed by atoms with Gasteiger partial charge in [0.1, 0.15) is 5.69 Å². The lowest BCUT2D eigenvalue weighted by Crippen LogP contribution is -2.04. The Morgan fingerprint density at radius 1 is 1.14 bits per heavy atom. The molecule has 116 valence electrons. The summed E-state index contributed by atoms with van der Waals surface area (Å²) in [5.74, 6) is 0.759. The van der Waals surface area contributed by atoms with E-state index in [2.05, 4.69) is 21.2 Å². The first-order valence-electron chi connectivity index (χ1n) is 6.44. The van der Waals surface area contributed by atoms with Crippen LogP contribution < -0.4 is 14.8 Å². The molecule has 0 aliphatic heterocycles. The second-order valence-electron chi connectivity index (χ2n) is 4.46. The molecule has 0 heterocycles. The highest BCUT2D eigenvalue weighted by Gasteiger charge is 2.19. The summed E-state index contributed by atoms with van der Waals surface area (Å²) < 4.78 is 11.3. The van der Waals surface area contributed by atoms with Crippen LogP contribution in [0.25, 0.3) is 0 Å². The van der Waals surface area contributed by atoms with Gasteiger partial charge < -0.3 is 14.8 Å². The number of nitrogens with one attached hydrogen (secondary N) is 1. The fourth-order valence-electron chi connectivity index (χ4n) is 1.96. The molecule has 2 aromatic carbocycles. The summed E-state index contributed by atoms with van der Waals surface area (Å²) >= 11 is 3.37. The zero-order chi connectivity index (χ0) is 16.1. The lowest BCUT2D eigenvalue weighted by molar-refractivity contribution is -0.384. The van der Waals surface area contributed by atoms with Crippen molar-refractivity contribution >= 4 is 27.3 Å². The smallest absolute Gasteiger partial charge is 0.296 e. The molecule has 0 amide bonds. The van der Waals surface area contributed by atoms with Crippen molar-refractivity contribution < 1.29 is 14.4 Å². The summed E-state index contributed by atoms with van der Waals surface area (Å²) in [5.41, 5.74) is 1.33. The molecule has 0 bridgehead atoms. The average molecular weight is 367 g/mol. The minimum atomic E-state index is -0.453. The van der Waals surface area contributed by atoms with Crippen LogP contribution in [0.2, 0.25) is 0 Å². The minimum absolute atomic E-state index is 0.0604. The minimum Gasteiger partial charge on any atom is -0.493 e. The number of ether oxygens (including phenoxy) is 2. The van der Waals surface area contributed by atoms with Crippen LogP contribution in [0.15, 0.2) is 40.9 Å². The van der Waals surface area contributed by atoms with Crippen LogP contribution in [0.1, 0.15) is 5.56 Å². The van der Waals surface area contributed by atoms with Gasteiger partial charge in [-0.2, -0.15) is 0 Å². The normalized spacial score (nSPS) is 10.1. The first kappa shape index (κ1) is 16.1. The van der Waals surface area contributed by atoms with Gasteiger partial charge in [-0.1, -0.05) is 28.1 Å². The topological polar surface area (TPSA) is 73.6 Å². The quantitative estimate of drug-likeness (QED) is 0.617. The number of anilines is 1. The summed E-state index contributed by atoms with van der Waals surface area (Å²) in [6.07, 6.45) is 0. The molecule has 0 aliphatic rings. The van der Waals surface area contributed by atoms with Crippen LogP contribution in [0.3, 0.4) is 0 Å². The third-order valence-corrected chi connectivity index (χ3v) is 3.62. The molecule has 1 N–H and O–H groups in total. The molecule has 0 fully saturated rings. The van der Waals surface area contributed by atoms with E-state index in [9.17, 15) is 10.1 Å². The molecular formula is C15H15BrN2O4. The van der Waals surface area contributed by atoms with Gasteiger partial charge in [-0.15, -0.1) is 0 Å². The summed E-state index contributed by atoms with van der Waals surface area (Å²) in [6.45, 7) is 0.462. The fraction of sp³-hybridized carbons (Fsp3) is 0.200. The Balaban J connectivity index is 2.28. The number of benzene rings is 2. The third kappa shape index (κ3) is 3.67. The van der Waals surface area contributed by atoms with Crippen molar-refractivity contribution in [2.75, 3.05) is 19.5 Å². The van der Waals surface area contributed by atoms with Crippen molar-refractivity contribution in [3.8, 4) is 11.5 Å². The SMILES string of the molecule is COc1cc(NCc2ccc(Br)cc2)c([N+](=O)[O-])cc1OC. The summed E-state index contributed by atoms with van der Waals surface area (Å²) in [5, 5.41) is 14.3. The molecule has 0 saturated carbocycles. The van der Waals surface area contributed by atoms with Crippen LogP contribution in [-0.2, 0) is 6.54 Å². The highest BCUT2D eigenvalue weighted by molar-refractivity contribution is 9.10. The van der Waals surface area contributed by atoms with Crippen molar-refractivity contribution in [1.82, 2.24) is 0 Å². The van der Waals surface area contributed by atoms with Gasteiger partial charge in [-0.05, 0) is 17.7 Å². The molecule has 2 rings (SSSR count). The highest BCUT2D eigenvalue weighted by atomic mass is 79.9. The highest BCUT2D eigenvalue weighted by Crippen LogP contribution is 2.37. The van der Waals surface area contributed by atoms with Crippen molar-refractivity contribution in [3.05, 3.63) is 56.5 Å². The molecule has 7 heteroatoms. The number of nitro benzene ring substituents is 1. The molecule has 2 aromatic rings. The molecule has 0 unspecified atom stereocenters. The maximum absolute atomic E-state index is 11.2. The molecule has 0 spiro atoms. The number of hydrogen-bond donors (Lipinski definition) is 1. The van der Waals surface area contributed by atoms with Crippen LogP contribution >= 0.6 is 15.9 Å². The van der Waals surface area contributed by atoms with Gasteiger partial charge in [-0.25, -0.2) is 0 Å². The van der Waals surface area contributed by atoms with Gasteiger partial charge in [-0.3, -0.25) is 10.1 Å². The Morgan fingerprint density at radius 2 is 1.73 bits per heavy atom. The molecule has 6 nitrogen and oxygen atoms in total. The summed E-state index contributed by atoms with van der Waals surface area (Å²) in [7, 11) is 2.93. The fourth-order valence-corrected chi connectivity index (χ4v) is 2.22. The average Bonchev–Trinajstić information content (AvgIpc) is 2.53. The second kappa shape index (κ2) is 7.13. The largest absolute Gasteiger partial charge is 0.493 e. The van der Waals surface area contributed by atoms with Gasteiger partial charge in [0.15, 0.2) is 11.5 Å². The van der Waals surface area contributed by atoms with Crippen molar-refractivity contribution in [2.45, 2.75) is 6.54 Å². The number of halogens is 1. The predicted molar refractivity (Wildman–Crippen MR) is 87.7 cm³/mol. The first-order chi connectivity index (χ1) is 10.5. The molecule has 0 aliphatic carbocycles. The summed E-state index contributed by atoms with van der Waals surface area (Å²) in [6, 6.07) is 10.6. The van der Waals surface area contributed by atoms with Gasteiger partial charge >= 0.3 is 0 Å². The molecule has 0 saturated heterocycles. The second-order valence-corrected chi connectivity index (χ2v) is 5.38. The molecule has 0 radical (unpaired) electrons. The van der Waals surface area contributed by atoms with E-state index < -0.39 is 4.92 Å². The van der Waals surface area contributed by atoms with Gasteiger partial charge in [0.2, 0.25) is 0 Å². The van der Waals surface area contributed by atoms with Crippen LogP contribution in [0.5, 0.6) is 11.5 Å². The molecule has 22 heavy (non-hydrogen) atoms. The van der Waals surface area contributed by atoms with E-state index in [-0.39, 0.29) is 5.69 Å². The zero-order valence-electron chi connectivity index (χ0n) is 12.1. The van der Waals surface area contributed by atoms with E-state index >= 15 is 0 Å². The monoisotopic (exact) mass is 366 g/mol. The van der Waals surface area contributed by atoms with E-state index in [0.717, 1.165) is 10.0 Å². The van der Waals surface area contributed by atoms with E-state index in [1.165, 1.54) is 20.3 Å². The van der Waals surface area contributed by atoms with E-state index in [0.29, 0.717) is 23.7 Å². The third-order valence-electron chi connectivity index (χ3n) is 3.09. The molecular weight excluding hydrogens is 352 g/mol. The number of methoxy groups -OCH3 is 2. The Morgan fingerprint density at radius 3 is 2.27 bits per heavy atom. The maximum atomic E-state index is 11.2. The molecule has 0 atom stereocenters. The first-order valence-corrected chi connectivity index (χ1v) is 7.23. The lowest BCUT2D eigenvalue weighted by atomic mass is 10.2. The van der Waals surface area contributed by atoms with Crippen molar-refractivity contribution in [2.24, 2.45) is 0 Å². The van der Waals surface area contributed by atoms with Gasteiger partial charge in [0.05, 0.1) is 25.2 Å². The van der Waals surface area contributed by atoms with Crippen molar-refractivity contribution in [1.29, 1.82) is 0 Å². The van der Waals surface area contributed by atoms with E-state index in [4.69, 9.17) is 9.47 Å². The number of hydrogen-bond acceptors (Lipinski definition) is 5. The van der Waals surface area contributed by atoms with Gasteiger partial charge in [0.25, 0.3) is 5.69 Å². The standard InChI is InChI=1S/C15H15BrN2O4/c1-21-14-7-12(13(18(19)20)8-15(14)22-2)17-9-10-3-5-11(16)6-4-10/h3-8,17H,9H2,1-2H3. The Hall–Kier alpha value is -2.28.